The maximum atomic E-state index is 5.74. The van der Waals surface area contributed by atoms with Gasteiger partial charge < -0.3 is 9.47 Å². The van der Waals surface area contributed by atoms with E-state index in [1.165, 1.54) is 16.7 Å². The molecule has 3 rings (SSSR count). The highest BCUT2D eigenvalue weighted by molar-refractivity contribution is 5.46. The molecule has 2 nitrogen and oxygen atoms in total. The fourth-order valence-corrected chi connectivity index (χ4v) is 2.51. The molecule has 0 amide bonds. The van der Waals surface area contributed by atoms with Gasteiger partial charge in [-0.05, 0) is 35.7 Å². The normalized spacial score (nSPS) is 12.9. The molecule has 0 fully saturated rings. The van der Waals surface area contributed by atoms with Gasteiger partial charge in [-0.3, -0.25) is 0 Å². The molecule has 19 heavy (non-hydrogen) atoms. The minimum atomic E-state index is 0.708. The van der Waals surface area contributed by atoms with Crippen molar-refractivity contribution in [1.82, 2.24) is 0 Å². The highest BCUT2D eigenvalue weighted by Gasteiger charge is 2.15. The Kier molecular flexibility index (Phi) is 3.41. The Bertz CT molecular complexity index is 558. The molecule has 1 aliphatic rings. The first-order valence-corrected chi connectivity index (χ1v) is 6.82. The minimum absolute atomic E-state index is 0.708. The lowest BCUT2D eigenvalue weighted by atomic mass is 10.0. The molecular formula is C17H18O2. The standard InChI is InChI=1S/C17H18O2/c1-2-18-16-8-6-13(7-9-16)12-15-5-3-4-14-10-11-19-17(14)15/h3-9H,2,10-12H2,1H3. The van der Waals surface area contributed by atoms with Gasteiger partial charge >= 0.3 is 0 Å². The first kappa shape index (κ1) is 12.1. The van der Waals surface area contributed by atoms with Crippen LogP contribution in [-0.2, 0) is 12.8 Å². The lowest BCUT2D eigenvalue weighted by molar-refractivity contribution is 0.340. The zero-order valence-corrected chi connectivity index (χ0v) is 11.2. The van der Waals surface area contributed by atoms with Gasteiger partial charge in [-0.2, -0.15) is 0 Å². The molecule has 98 valence electrons. The van der Waals surface area contributed by atoms with Crippen molar-refractivity contribution in [3.8, 4) is 11.5 Å². The third-order valence-corrected chi connectivity index (χ3v) is 3.42. The molecule has 2 heteroatoms. The van der Waals surface area contributed by atoms with Crippen LogP contribution in [0.4, 0.5) is 0 Å². The lowest BCUT2D eigenvalue weighted by Crippen LogP contribution is -1.95. The summed E-state index contributed by atoms with van der Waals surface area (Å²) in [6.45, 7) is 3.52. The maximum absolute atomic E-state index is 5.74. The predicted octanol–water partition coefficient (Wildman–Crippen LogP) is 3.61. The van der Waals surface area contributed by atoms with Crippen LogP contribution in [0.2, 0.25) is 0 Å². The Labute approximate surface area is 114 Å². The highest BCUT2D eigenvalue weighted by atomic mass is 16.5. The summed E-state index contributed by atoms with van der Waals surface area (Å²) < 4.78 is 11.2. The molecule has 0 unspecified atom stereocenters. The van der Waals surface area contributed by atoms with Gasteiger partial charge in [-0.1, -0.05) is 30.3 Å². The van der Waals surface area contributed by atoms with E-state index in [1.54, 1.807) is 0 Å². The predicted molar refractivity (Wildman–Crippen MR) is 76.1 cm³/mol. The number of hydrogen-bond acceptors (Lipinski definition) is 2. The molecule has 0 radical (unpaired) electrons. The molecule has 0 atom stereocenters. The van der Waals surface area contributed by atoms with Gasteiger partial charge in [0.25, 0.3) is 0 Å². The zero-order valence-electron chi connectivity index (χ0n) is 11.2. The topological polar surface area (TPSA) is 18.5 Å². The monoisotopic (exact) mass is 254 g/mol. The van der Waals surface area contributed by atoms with Gasteiger partial charge in [-0.25, -0.2) is 0 Å². The maximum Gasteiger partial charge on any atom is 0.126 e. The number of rotatable bonds is 4. The fourth-order valence-electron chi connectivity index (χ4n) is 2.51. The van der Waals surface area contributed by atoms with E-state index in [4.69, 9.17) is 9.47 Å². The Morgan fingerprint density at radius 1 is 1.11 bits per heavy atom. The van der Waals surface area contributed by atoms with E-state index in [2.05, 4.69) is 30.3 Å². The molecule has 2 aromatic rings. The van der Waals surface area contributed by atoms with Crippen molar-refractivity contribution in [3.05, 3.63) is 59.2 Å². The number of hydrogen-bond donors (Lipinski definition) is 0. The average Bonchev–Trinajstić information content (AvgIpc) is 2.91. The van der Waals surface area contributed by atoms with Crippen LogP contribution in [0, 0.1) is 0 Å². The summed E-state index contributed by atoms with van der Waals surface area (Å²) in [6, 6.07) is 14.7. The second-order valence-corrected chi connectivity index (χ2v) is 4.76. The summed E-state index contributed by atoms with van der Waals surface area (Å²) >= 11 is 0. The minimum Gasteiger partial charge on any atom is -0.494 e. The van der Waals surface area contributed by atoms with Gasteiger partial charge in [0, 0.05) is 12.8 Å². The average molecular weight is 254 g/mol. The van der Waals surface area contributed by atoms with E-state index in [-0.39, 0.29) is 0 Å². The van der Waals surface area contributed by atoms with Crippen molar-refractivity contribution in [2.24, 2.45) is 0 Å². The third-order valence-electron chi connectivity index (χ3n) is 3.42. The van der Waals surface area contributed by atoms with Gasteiger partial charge in [0.05, 0.1) is 13.2 Å². The van der Waals surface area contributed by atoms with Crippen molar-refractivity contribution in [3.63, 3.8) is 0 Å². The summed E-state index contributed by atoms with van der Waals surface area (Å²) in [6.07, 6.45) is 1.95. The Hall–Kier alpha value is -1.96. The molecule has 1 heterocycles. The summed E-state index contributed by atoms with van der Waals surface area (Å²) in [7, 11) is 0. The molecular weight excluding hydrogens is 236 g/mol. The molecule has 0 aromatic heterocycles. The van der Waals surface area contributed by atoms with Crippen LogP contribution < -0.4 is 9.47 Å². The molecule has 0 aliphatic carbocycles. The van der Waals surface area contributed by atoms with Gasteiger partial charge in [-0.15, -0.1) is 0 Å². The summed E-state index contributed by atoms with van der Waals surface area (Å²) in [5.74, 6) is 2.03. The Balaban J connectivity index is 1.80. The van der Waals surface area contributed by atoms with Crippen molar-refractivity contribution in [2.75, 3.05) is 13.2 Å². The van der Waals surface area contributed by atoms with Gasteiger partial charge in [0.2, 0.25) is 0 Å². The van der Waals surface area contributed by atoms with Crippen LogP contribution in [0.5, 0.6) is 11.5 Å². The third kappa shape index (κ3) is 2.58. The quantitative estimate of drug-likeness (QED) is 0.829. The molecule has 0 bridgehead atoms. The lowest BCUT2D eigenvalue weighted by Gasteiger charge is -2.09. The van der Waals surface area contributed by atoms with Crippen LogP contribution in [0.1, 0.15) is 23.6 Å². The SMILES string of the molecule is CCOc1ccc(Cc2cccc3c2OCC3)cc1. The van der Waals surface area contributed by atoms with E-state index >= 15 is 0 Å². The van der Waals surface area contributed by atoms with Crippen molar-refractivity contribution < 1.29 is 9.47 Å². The molecule has 2 aromatic carbocycles. The molecule has 0 saturated heterocycles. The van der Waals surface area contributed by atoms with Crippen LogP contribution >= 0.6 is 0 Å². The van der Waals surface area contributed by atoms with Crippen LogP contribution in [-0.4, -0.2) is 13.2 Å². The summed E-state index contributed by atoms with van der Waals surface area (Å²) in [5, 5.41) is 0. The molecule has 0 spiro atoms. The van der Waals surface area contributed by atoms with Crippen molar-refractivity contribution in [1.29, 1.82) is 0 Å². The Morgan fingerprint density at radius 3 is 2.74 bits per heavy atom. The van der Waals surface area contributed by atoms with E-state index in [1.807, 2.05) is 19.1 Å². The second kappa shape index (κ2) is 5.35. The fraction of sp³-hybridized carbons (Fsp3) is 0.294. The molecule has 0 N–H and O–H groups in total. The largest absolute Gasteiger partial charge is 0.494 e. The molecule has 0 saturated carbocycles. The van der Waals surface area contributed by atoms with Crippen LogP contribution in [0.15, 0.2) is 42.5 Å². The Morgan fingerprint density at radius 2 is 1.95 bits per heavy atom. The van der Waals surface area contributed by atoms with E-state index in [0.29, 0.717) is 6.61 Å². The van der Waals surface area contributed by atoms with E-state index < -0.39 is 0 Å². The first-order valence-electron chi connectivity index (χ1n) is 6.82. The van der Waals surface area contributed by atoms with Crippen LogP contribution in [0.25, 0.3) is 0 Å². The van der Waals surface area contributed by atoms with Crippen molar-refractivity contribution >= 4 is 0 Å². The molecule has 1 aliphatic heterocycles. The first-order chi connectivity index (χ1) is 9.36. The van der Waals surface area contributed by atoms with Crippen LogP contribution in [0.3, 0.4) is 0 Å². The summed E-state index contributed by atoms with van der Waals surface area (Å²) in [5.41, 5.74) is 3.90. The van der Waals surface area contributed by atoms with Gasteiger partial charge in [0.15, 0.2) is 0 Å². The number of ether oxygens (including phenoxy) is 2. The summed E-state index contributed by atoms with van der Waals surface area (Å²) in [4.78, 5) is 0. The van der Waals surface area contributed by atoms with E-state index in [9.17, 15) is 0 Å². The van der Waals surface area contributed by atoms with Gasteiger partial charge in [0.1, 0.15) is 11.5 Å². The number of para-hydroxylation sites is 1. The smallest absolute Gasteiger partial charge is 0.126 e. The number of benzene rings is 2. The number of fused-ring (bicyclic) bond motifs is 1. The zero-order chi connectivity index (χ0) is 13.1. The van der Waals surface area contributed by atoms with Crippen molar-refractivity contribution in [2.45, 2.75) is 19.8 Å². The second-order valence-electron chi connectivity index (χ2n) is 4.76. The van der Waals surface area contributed by atoms with E-state index in [0.717, 1.165) is 30.9 Å². The highest BCUT2D eigenvalue weighted by Crippen LogP contribution is 2.31.